The first-order valence-electron chi connectivity index (χ1n) is 4.80. The number of carbonyl (C=O) groups is 1. The maximum atomic E-state index is 13.5. The minimum atomic E-state index is -0.647. The third-order valence-corrected chi connectivity index (χ3v) is 2.02. The number of hydrogen-bond donors (Lipinski definition) is 0. The molecule has 0 unspecified atom stereocenters. The van der Waals surface area contributed by atoms with Crippen LogP contribution in [0.3, 0.4) is 0 Å². The van der Waals surface area contributed by atoms with Crippen LogP contribution in [-0.2, 0) is 9.53 Å². The number of ether oxygens (including phenoxy) is 2. The molecule has 1 aromatic carbocycles. The molecule has 4 heteroatoms. The molecule has 1 rings (SSSR count). The Hall–Kier alpha value is -1.84. The van der Waals surface area contributed by atoms with E-state index in [0.717, 1.165) is 0 Å². The largest absolute Gasteiger partial charge is 0.496 e. The predicted molar refractivity (Wildman–Crippen MR) is 58.6 cm³/mol. The van der Waals surface area contributed by atoms with Crippen molar-refractivity contribution < 1.29 is 18.7 Å². The zero-order valence-corrected chi connectivity index (χ0v) is 9.25. The topological polar surface area (TPSA) is 35.5 Å². The standard InChI is InChI=1S/C12H13FO3/c1-4-16-12(14)8(2)11-9(13)6-5-7-10(11)15-3/h5-7H,2,4H2,1,3H3. The average molecular weight is 224 g/mol. The van der Waals surface area contributed by atoms with Gasteiger partial charge in [-0.3, -0.25) is 0 Å². The number of hydrogen-bond acceptors (Lipinski definition) is 3. The van der Waals surface area contributed by atoms with Gasteiger partial charge in [0.15, 0.2) is 0 Å². The maximum Gasteiger partial charge on any atom is 0.338 e. The van der Waals surface area contributed by atoms with Crippen molar-refractivity contribution >= 4 is 11.5 Å². The fourth-order valence-corrected chi connectivity index (χ4v) is 1.29. The molecule has 0 fully saturated rings. The van der Waals surface area contributed by atoms with E-state index < -0.39 is 11.8 Å². The number of methoxy groups -OCH3 is 1. The van der Waals surface area contributed by atoms with Gasteiger partial charge in [0, 0.05) is 0 Å². The lowest BCUT2D eigenvalue weighted by molar-refractivity contribution is -0.136. The predicted octanol–water partition coefficient (Wildman–Crippen LogP) is 2.41. The van der Waals surface area contributed by atoms with Gasteiger partial charge in [-0.1, -0.05) is 12.6 Å². The third kappa shape index (κ3) is 2.39. The number of esters is 1. The molecule has 3 nitrogen and oxygen atoms in total. The van der Waals surface area contributed by atoms with Gasteiger partial charge in [0.1, 0.15) is 11.6 Å². The monoisotopic (exact) mass is 224 g/mol. The lowest BCUT2D eigenvalue weighted by Crippen LogP contribution is -2.08. The Morgan fingerprint density at radius 2 is 2.19 bits per heavy atom. The van der Waals surface area contributed by atoms with Crippen molar-refractivity contribution in [3.05, 3.63) is 36.2 Å². The summed E-state index contributed by atoms with van der Waals surface area (Å²) in [5, 5.41) is 0. The summed E-state index contributed by atoms with van der Waals surface area (Å²) < 4.78 is 23.3. The van der Waals surface area contributed by atoms with Crippen LogP contribution in [0.1, 0.15) is 12.5 Å². The zero-order chi connectivity index (χ0) is 12.1. The smallest absolute Gasteiger partial charge is 0.338 e. The van der Waals surface area contributed by atoms with E-state index in [1.807, 2.05) is 0 Å². The van der Waals surface area contributed by atoms with Crippen molar-refractivity contribution in [2.75, 3.05) is 13.7 Å². The maximum absolute atomic E-state index is 13.5. The minimum absolute atomic E-state index is 0.0446. The second kappa shape index (κ2) is 5.30. The van der Waals surface area contributed by atoms with Gasteiger partial charge in [-0.2, -0.15) is 0 Å². The third-order valence-electron chi connectivity index (χ3n) is 2.02. The molecular weight excluding hydrogens is 211 g/mol. The average Bonchev–Trinajstić information content (AvgIpc) is 2.28. The Morgan fingerprint density at radius 1 is 1.50 bits per heavy atom. The molecule has 0 heterocycles. The summed E-state index contributed by atoms with van der Waals surface area (Å²) in [6.07, 6.45) is 0. The normalized spacial score (nSPS) is 9.69. The molecule has 86 valence electrons. The van der Waals surface area contributed by atoms with Crippen LogP contribution < -0.4 is 4.74 Å². The molecular formula is C12H13FO3. The van der Waals surface area contributed by atoms with Crippen LogP contribution >= 0.6 is 0 Å². The summed E-state index contributed by atoms with van der Waals surface area (Å²) >= 11 is 0. The van der Waals surface area contributed by atoms with Crippen molar-refractivity contribution in [2.45, 2.75) is 6.92 Å². The van der Waals surface area contributed by atoms with Gasteiger partial charge < -0.3 is 9.47 Å². The van der Waals surface area contributed by atoms with Crippen LogP contribution in [0.25, 0.3) is 5.57 Å². The quantitative estimate of drug-likeness (QED) is 0.582. The molecule has 0 spiro atoms. The lowest BCUT2D eigenvalue weighted by atomic mass is 10.1. The molecule has 1 aromatic rings. The highest BCUT2D eigenvalue weighted by molar-refractivity contribution is 6.16. The van der Waals surface area contributed by atoms with Gasteiger partial charge in [0.05, 0.1) is 24.9 Å². The summed E-state index contributed by atoms with van der Waals surface area (Å²) in [4.78, 5) is 11.4. The second-order valence-corrected chi connectivity index (χ2v) is 3.02. The summed E-state index contributed by atoms with van der Waals surface area (Å²) in [5.41, 5.74) is 0.000231. The highest BCUT2D eigenvalue weighted by Gasteiger charge is 2.18. The van der Waals surface area contributed by atoms with Gasteiger partial charge in [-0.25, -0.2) is 9.18 Å². The first-order valence-corrected chi connectivity index (χ1v) is 4.80. The van der Waals surface area contributed by atoms with Crippen molar-refractivity contribution in [2.24, 2.45) is 0 Å². The van der Waals surface area contributed by atoms with Crippen molar-refractivity contribution in [1.82, 2.24) is 0 Å². The summed E-state index contributed by atoms with van der Waals surface area (Å²) in [7, 11) is 1.40. The van der Waals surface area contributed by atoms with E-state index in [4.69, 9.17) is 9.47 Å². The summed E-state index contributed by atoms with van der Waals surface area (Å²) in [6, 6.07) is 4.29. The van der Waals surface area contributed by atoms with Crippen LogP contribution in [0.4, 0.5) is 4.39 Å². The molecule has 0 bridgehead atoms. The SMILES string of the molecule is C=C(C(=O)OCC)c1c(F)cccc1OC. The van der Waals surface area contributed by atoms with E-state index in [1.54, 1.807) is 13.0 Å². The molecule has 0 N–H and O–H groups in total. The number of halogens is 1. The highest BCUT2D eigenvalue weighted by atomic mass is 19.1. The van der Waals surface area contributed by atoms with Gasteiger partial charge in [0.2, 0.25) is 0 Å². The molecule has 0 aliphatic heterocycles. The Morgan fingerprint density at radius 3 is 2.75 bits per heavy atom. The first kappa shape index (κ1) is 12.2. The van der Waals surface area contributed by atoms with Gasteiger partial charge >= 0.3 is 5.97 Å². The minimum Gasteiger partial charge on any atom is -0.496 e. The van der Waals surface area contributed by atoms with Crippen molar-refractivity contribution in [1.29, 1.82) is 0 Å². The van der Waals surface area contributed by atoms with Crippen molar-refractivity contribution in [3.8, 4) is 5.75 Å². The number of carbonyl (C=O) groups excluding carboxylic acids is 1. The molecule has 0 radical (unpaired) electrons. The molecule has 0 amide bonds. The molecule has 0 saturated heterocycles. The number of rotatable bonds is 4. The molecule has 0 aliphatic carbocycles. The second-order valence-electron chi connectivity index (χ2n) is 3.02. The summed E-state index contributed by atoms with van der Waals surface area (Å²) in [5.74, 6) is -0.943. The van der Waals surface area contributed by atoms with E-state index in [1.165, 1.54) is 19.2 Å². The van der Waals surface area contributed by atoms with Crippen molar-refractivity contribution in [3.63, 3.8) is 0 Å². The van der Waals surface area contributed by atoms with Gasteiger partial charge in [0.25, 0.3) is 0 Å². The Bertz CT molecular complexity index is 413. The molecule has 0 aromatic heterocycles. The van der Waals surface area contributed by atoms with Crippen LogP contribution in [0.2, 0.25) is 0 Å². The Kier molecular flexibility index (Phi) is 4.05. The first-order chi connectivity index (χ1) is 7.61. The summed E-state index contributed by atoms with van der Waals surface area (Å²) in [6.45, 7) is 5.41. The molecule has 0 atom stereocenters. The Balaban J connectivity index is 3.12. The lowest BCUT2D eigenvalue weighted by Gasteiger charge is -2.10. The highest BCUT2D eigenvalue weighted by Crippen LogP contribution is 2.28. The van der Waals surface area contributed by atoms with E-state index in [2.05, 4.69) is 6.58 Å². The Labute approximate surface area is 93.5 Å². The molecule has 0 saturated carbocycles. The van der Waals surface area contributed by atoms with Gasteiger partial charge in [-0.05, 0) is 19.1 Å². The molecule has 16 heavy (non-hydrogen) atoms. The van der Waals surface area contributed by atoms with E-state index in [-0.39, 0.29) is 23.5 Å². The van der Waals surface area contributed by atoms with Crippen LogP contribution in [0, 0.1) is 5.82 Å². The van der Waals surface area contributed by atoms with Crippen LogP contribution in [-0.4, -0.2) is 19.7 Å². The van der Waals surface area contributed by atoms with Gasteiger partial charge in [-0.15, -0.1) is 0 Å². The fourth-order valence-electron chi connectivity index (χ4n) is 1.29. The zero-order valence-electron chi connectivity index (χ0n) is 9.25. The van der Waals surface area contributed by atoms with Crippen LogP contribution in [0.15, 0.2) is 24.8 Å². The van der Waals surface area contributed by atoms with E-state index >= 15 is 0 Å². The van der Waals surface area contributed by atoms with Crippen LogP contribution in [0.5, 0.6) is 5.75 Å². The molecule has 0 aliphatic rings. The number of benzene rings is 1. The van der Waals surface area contributed by atoms with E-state index in [9.17, 15) is 9.18 Å². The fraction of sp³-hybridized carbons (Fsp3) is 0.250. The van der Waals surface area contributed by atoms with E-state index in [0.29, 0.717) is 0 Å².